The average molecular weight is 405 g/mol. The molecular weight excluding hydrogens is 391 g/mol. The zero-order valence-corrected chi connectivity index (χ0v) is 15.4. The Balaban J connectivity index is 1.95. The van der Waals surface area contributed by atoms with Gasteiger partial charge in [-0.1, -0.05) is 22.9 Å². The third kappa shape index (κ3) is 6.28. The van der Waals surface area contributed by atoms with Crippen molar-refractivity contribution < 1.29 is 23.7 Å². The molecular formula is C13H14ClN4O5PS. The molecule has 0 amide bonds. The number of rotatable bonds is 8. The Morgan fingerprint density at radius 2 is 2.04 bits per heavy atom. The first-order valence-corrected chi connectivity index (χ1v) is 9.55. The van der Waals surface area contributed by atoms with Crippen LogP contribution < -0.4 is 4.90 Å². The first kappa shape index (κ1) is 19.6. The van der Waals surface area contributed by atoms with Crippen molar-refractivity contribution in [3.8, 4) is 0 Å². The van der Waals surface area contributed by atoms with Gasteiger partial charge >= 0.3 is 7.82 Å². The lowest BCUT2D eigenvalue weighted by atomic mass is 10.2. The lowest BCUT2D eigenvalue weighted by molar-refractivity contribution is 0.112. The molecule has 2 rings (SSSR count). The van der Waals surface area contributed by atoms with Gasteiger partial charge in [0.2, 0.25) is 5.13 Å². The van der Waals surface area contributed by atoms with Crippen LogP contribution >= 0.6 is 30.8 Å². The van der Waals surface area contributed by atoms with Gasteiger partial charge in [0.1, 0.15) is 4.88 Å². The molecule has 1 aromatic heterocycles. The van der Waals surface area contributed by atoms with Gasteiger partial charge in [-0.05, 0) is 24.3 Å². The largest absolute Gasteiger partial charge is 0.469 e. The maximum Gasteiger partial charge on any atom is 0.469 e. The number of nitrogens with zero attached hydrogens (tertiary/aromatic N) is 4. The first-order valence-electron chi connectivity index (χ1n) is 6.83. The standard InChI is InChI=1S/C13H14ClN4O5PS/c1-18(6-7-23-24(20,21)22)10-4-2-9(3-5-10)16-17-13-15-12(14)11(8-19)25-13/h2-5,8H,6-7H2,1H3,(H2,20,21,22). The van der Waals surface area contributed by atoms with E-state index in [4.69, 9.17) is 21.4 Å². The summed E-state index contributed by atoms with van der Waals surface area (Å²) in [6.07, 6.45) is 0.611. The Bertz CT molecular complexity index is 807. The number of phosphoric ester groups is 1. The number of hydrogen-bond acceptors (Lipinski definition) is 8. The molecule has 2 N–H and O–H groups in total. The monoisotopic (exact) mass is 404 g/mol. The third-order valence-corrected chi connectivity index (χ3v) is 4.72. The van der Waals surface area contributed by atoms with E-state index in [1.807, 2.05) is 0 Å². The molecule has 0 saturated carbocycles. The van der Waals surface area contributed by atoms with Crippen molar-refractivity contribution in [3.63, 3.8) is 0 Å². The van der Waals surface area contributed by atoms with E-state index in [1.165, 1.54) is 0 Å². The molecule has 0 aliphatic carbocycles. The number of aldehydes is 1. The smallest absolute Gasteiger partial charge is 0.372 e. The third-order valence-electron chi connectivity index (χ3n) is 2.93. The van der Waals surface area contributed by atoms with Crippen molar-refractivity contribution in [2.45, 2.75) is 0 Å². The number of likely N-dealkylation sites (N-methyl/N-ethyl adjacent to an activating group) is 1. The molecule has 0 atom stereocenters. The molecule has 0 aliphatic rings. The Morgan fingerprint density at radius 3 is 2.60 bits per heavy atom. The number of anilines is 1. The summed E-state index contributed by atoms with van der Waals surface area (Å²) < 4.78 is 15.0. The van der Waals surface area contributed by atoms with Gasteiger partial charge in [-0.2, -0.15) is 0 Å². The topological polar surface area (TPSA) is 125 Å². The quantitative estimate of drug-likeness (QED) is 0.391. The normalized spacial score (nSPS) is 11.8. The Kier molecular flexibility index (Phi) is 6.77. The fourth-order valence-electron chi connectivity index (χ4n) is 1.72. The second-order valence-corrected chi connectivity index (χ2v) is 7.34. The predicted molar refractivity (Wildman–Crippen MR) is 94.4 cm³/mol. The van der Waals surface area contributed by atoms with Gasteiger partial charge in [0.15, 0.2) is 11.4 Å². The summed E-state index contributed by atoms with van der Waals surface area (Å²) in [5.74, 6) is 0. The van der Waals surface area contributed by atoms with Gasteiger partial charge in [0.05, 0.1) is 12.3 Å². The summed E-state index contributed by atoms with van der Waals surface area (Å²) in [6.45, 7) is 0.199. The van der Waals surface area contributed by atoms with Crippen LogP contribution in [0.3, 0.4) is 0 Å². The van der Waals surface area contributed by atoms with Crippen molar-refractivity contribution in [2.24, 2.45) is 10.2 Å². The van der Waals surface area contributed by atoms with Crippen LogP contribution in [0.25, 0.3) is 0 Å². The molecule has 12 heteroatoms. The molecule has 1 aromatic carbocycles. The second-order valence-electron chi connectivity index (χ2n) is 4.73. The highest BCUT2D eigenvalue weighted by Gasteiger charge is 2.13. The Labute approximate surface area is 152 Å². The number of aromatic nitrogens is 1. The lowest BCUT2D eigenvalue weighted by Crippen LogP contribution is -2.21. The van der Waals surface area contributed by atoms with E-state index in [2.05, 4.69) is 19.7 Å². The number of halogens is 1. The van der Waals surface area contributed by atoms with Crippen LogP contribution in [0.2, 0.25) is 5.15 Å². The zero-order chi connectivity index (χ0) is 18.4. The molecule has 0 radical (unpaired) electrons. The first-order chi connectivity index (χ1) is 11.8. The highest BCUT2D eigenvalue weighted by Crippen LogP contribution is 2.35. The van der Waals surface area contributed by atoms with Gasteiger partial charge in [-0.15, -0.1) is 10.2 Å². The minimum absolute atomic E-state index is 0.100. The van der Waals surface area contributed by atoms with Gasteiger partial charge in [0.25, 0.3) is 0 Å². The van der Waals surface area contributed by atoms with Crippen molar-refractivity contribution in [1.29, 1.82) is 0 Å². The van der Waals surface area contributed by atoms with Crippen molar-refractivity contribution >= 4 is 53.6 Å². The van der Waals surface area contributed by atoms with Crippen LogP contribution in [0.4, 0.5) is 16.5 Å². The summed E-state index contributed by atoms with van der Waals surface area (Å²) in [7, 11) is -2.69. The highest BCUT2D eigenvalue weighted by atomic mass is 35.5. The number of azo groups is 1. The van der Waals surface area contributed by atoms with E-state index in [0.29, 0.717) is 23.4 Å². The van der Waals surface area contributed by atoms with E-state index >= 15 is 0 Å². The maximum atomic E-state index is 10.7. The molecule has 2 aromatic rings. The fraction of sp³-hybridized carbons (Fsp3) is 0.231. The molecule has 0 aliphatic heterocycles. The molecule has 0 saturated heterocycles. The summed E-state index contributed by atoms with van der Waals surface area (Å²) >= 11 is 6.79. The van der Waals surface area contributed by atoms with Gasteiger partial charge in [-0.25, -0.2) is 9.55 Å². The number of carbonyl (C=O) groups is 1. The number of thiazole rings is 1. The van der Waals surface area contributed by atoms with Crippen molar-refractivity contribution in [2.75, 3.05) is 25.1 Å². The minimum atomic E-state index is -4.45. The number of benzene rings is 1. The number of hydrogen-bond donors (Lipinski definition) is 2. The molecule has 25 heavy (non-hydrogen) atoms. The van der Waals surface area contributed by atoms with Gasteiger partial charge < -0.3 is 14.7 Å². The number of phosphoric acid groups is 1. The van der Waals surface area contributed by atoms with Gasteiger partial charge in [-0.3, -0.25) is 9.32 Å². The Morgan fingerprint density at radius 1 is 1.36 bits per heavy atom. The molecule has 0 unspecified atom stereocenters. The SMILES string of the molecule is CN(CCOP(=O)(O)O)c1ccc(N=Nc2nc(Cl)c(C=O)s2)cc1. The Hall–Kier alpha value is -1.68. The zero-order valence-electron chi connectivity index (χ0n) is 12.9. The molecule has 0 spiro atoms. The van der Waals surface area contributed by atoms with E-state index in [1.54, 1.807) is 36.2 Å². The van der Waals surface area contributed by atoms with Crippen molar-refractivity contribution in [1.82, 2.24) is 4.98 Å². The molecule has 9 nitrogen and oxygen atoms in total. The van der Waals surface area contributed by atoms with Gasteiger partial charge in [0, 0.05) is 19.3 Å². The van der Waals surface area contributed by atoms with Crippen molar-refractivity contribution in [3.05, 3.63) is 34.3 Å². The molecule has 1 heterocycles. The van der Waals surface area contributed by atoms with Crippen LogP contribution in [0.1, 0.15) is 9.67 Å². The van der Waals surface area contributed by atoms with Crippen LogP contribution in [-0.2, 0) is 9.09 Å². The number of carbonyl (C=O) groups excluding carboxylic acids is 1. The highest BCUT2D eigenvalue weighted by molar-refractivity contribution is 7.46. The van der Waals surface area contributed by atoms with Crippen LogP contribution in [0, 0.1) is 0 Å². The fourth-order valence-corrected chi connectivity index (χ4v) is 2.92. The molecule has 0 fully saturated rings. The second kappa shape index (κ2) is 8.61. The van der Waals surface area contributed by atoms with E-state index in [9.17, 15) is 9.36 Å². The van der Waals surface area contributed by atoms with Crippen LogP contribution in [0.15, 0.2) is 34.5 Å². The molecule has 134 valence electrons. The minimum Gasteiger partial charge on any atom is -0.372 e. The summed E-state index contributed by atoms with van der Waals surface area (Å²) in [4.78, 5) is 34.0. The van der Waals surface area contributed by atoms with Crippen LogP contribution in [0.5, 0.6) is 0 Å². The van der Waals surface area contributed by atoms with E-state index in [0.717, 1.165) is 17.0 Å². The average Bonchev–Trinajstić information content (AvgIpc) is 2.92. The summed E-state index contributed by atoms with van der Waals surface area (Å²) in [5, 5.41) is 8.32. The lowest BCUT2D eigenvalue weighted by Gasteiger charge is -2.19. The predicted octanol–water partition coefficient (Wildman–Crippen LogP) is 3.57. The van der Waals surface area contributed by atoms with E-state index in [-0.39, 0.29) is 16.9 Å². The summed E-state index contributed by atoms with van der Waals surface area (Å²) in [5.41, 5.74) is 1.39. The maximum absolute atomic E-state index is 10.7. The van der Waals surface area contributed by atoms with E-state index < -0.39 is 7.82 Å². The summed E-state index contributed by atoms with van der Waals surface area (Å²) in [6, 6.07) is 6.99. The molecule has 0 bridgehead atoms. The van der Waals surface area contributed by atoms with Crippen LogP contribution in [-0.4, -0.2) is 41.3 Å².